The summed E-state index contributed by atoms with van der Waals surface area (Å²) in [4.78, 5) is 12.9. The van der Waals surface area contributed by atoms with Crippen LogP contribution in [0.1, 0.15) is 28.8 Å². The van der Waals surface area contributed by atoms with Crippen LogP contribution >= 0.6 is 0 Å². The van der Waals surface area contributed by atoms with Crippen molar-refractivity contribution in [3.63, 3.8) is 0 Å². The zero-order valence-corrected chi connectivity index (χ0v) is 17.1. The molecule has 9 heteroatoms. The molecule has 1 aliphatic rings. The molecule has 3 aromatic rings. The van der Waals surface area contributed by atoms with Crippen LogP contribution in [0.4, 0.5) is 13.2 Å². The maximum atomic E-state index is 13.1. The summed E-state index contributed by atoms with van der Waals surface area (Å²) in [6.07, 6.45) is 0.812. The van der Waals surface area contributed by atoms with E-state index in [9.17, 15) is 26.4 Å². The van der Waals surface area contributed by atoms with Gasteiger partial charge >= 0.3 is 15.6 Å². The second kappa shape index (κ2) is 7.56. The van der Waals surface area contributed by atoms with Crippen molar-refractivity contribution in [3.8, 4) is 22.6 Å². The van der Waals surface area contributed by atoms with Gasteiger partial charge in [0.25, 0.3) is 0 Å². The Labute approximate surface area is 176 Å². The molecule has 0 fully saturated rings. The van der Waals surface area contributed by atoms with Gasteiger partial charge in [0.1, 0.15) is 5.75 Å². The minimum Gasteiger partial charge on any atom is -0.497 e. The van der Waals surface area contributed by atoms with Crippen molar-refractivity contribution in [2.75, 3.05) is 7.11 Å². The number of ether oxygens (including phenoxy) is 1. The zero-order valence-electron chi connectivity index (χ0n) is 16.3. The summed E-state index contributed by atoms with van der Waals surface area (Å²) in [5.41, 5.74) is -4.02. The number of halogens is 3. The molecule has 0 heterocycles. The summed E-state index contributed by atoms with van der Waals surface area (Å²) in [5.74, 6) is -0.107. The van der Waals surface area contributed by atoms with E-state index in [1.54, 1.807) is 42.5 Å². The Hall–Kier alpha value is -3.07. The van der Waals surface area contributed by atoms with Crippen molar-refractivity contribution in [2.24, 2.45) is 0 Å². The summed E-state index contributed by atoms with van der Waals surface area (Å²) in [5, 5.41) is 0.614. The molecule has 0 aromatic heterocycles. The highest BCUT2D eigenvalue weighted by Gasteiger charge is 2.49. The average molecular weight is 450 g/mol. The number of ketones is 1. The standard InChI is InChI=1S/C22H17F3O5S/c1-29-14-11-9-13(10-12-14)19-15-5-2-3-6-16(15)21(30-31(27,28)22(23,24)25)17-7-4-8-18(26)20(17)19/h2-3,5-6,9-12H,4,7-8H2,1H3. The Morgan fingerprint density at radius 3 is 2.16 bits per heavy atom. The summed E-state index contributed by atoms with van der Waals surface area (Å²) >= 11 is 0. The lowest BCUT2D eigenvalue weighted by Crippen LogP contribution is -2.29. The molecule has 0 atom stereocenters. The molecule has 0 saturated heterocycles. The lowest BCUT2D eigenvalue weighted by atomic mass is 9.81. The summed E-state index contributed by atoms with van der Waals surface area (Å²) < 4.78 is 72.6. The molecular formula is C22H17F3O5S. The number of Topliss-reactive ketones (excluding diaryl/α,β-unsaturated/α-hetero) is 1. The molecule has 0 N–H and O–H groups in total. The second-order valence-corrected chi connectivity index (χ2v) is 8.63. The van der Waals surface area contributed by atoms with Gasteiger partial charge in [0.15, 0.2) is 11.5 Å². The topological polar surface area (TPSA) is 69.7 Å². The number of hydrogen-bond acceptors (Lipinski definition) is 5. The third-order valence-corrected chi connectivity index (χ3v) is 6.18. The Morgan fingerprint density at radius 2 is 1.55 bits per heavy atom. The van der Waals surface area contributed by atoms with Gasteiger partial charge in [-0.05, 0) is 35.9 Å². The van der Waals surface area contributed by atoms with Gasteiger partial charge in [0.05, 0.1) is 7.11 Å². The quantitative estimate of drug-likeness (QED) is 0.401. The van der Waals surface area contributed by atoms with Gasteiger partial charge in [-0.15, -0.1) is 0 Å². The van der Waals surface area contributed by atoms with Crippen LogP contribution in [-0.2, 0) is 16.5 Å². The van der Waals surface area contributed by atoms with Crippen LogP contribution in [-0.4, -0.2) is 26.8 Å². The summed E-state index contributed by atoms with van der Waals surface area (Å²) in [6.45, 7) is 0. The number of hydrogen-bond donors (Lipinski definition) is 0. The molecule has 0 bridgehead atoms. The highest BCUT2D eigenvalue weighted by atomic mass is 32.2. The smallest absolute Gasteiger partial charge is 0.497 e. The first-order valence-corrected chi connectivity index (χ1v) is 10.8. The van der Waals surface area contributed by atoms with Crippen LogP contribution in [0.3, 0.4) is 0 Å². The lowest BCUT2D eigenvalue weighted by Gasteiger charge is -2.25. The molecule has 0 aliphatic heterocycles. The van der Waals surface area contributed by atoms with Crippen LogP contribution in [0.15, 0.2) is 48.5 Å². The molecular weight excluding hydrogens is 433 g/mol. The monoisotopic (exact) mass is 450 g/mol. The number of methoxy groups -OCH3 is 1. The van der Waals surface area contributed by atoms with Crippen molar-refractivity contribution in [2.45, 2.75) is 24.8 Å². The van der Waals surface area contributed by atoms with Crippen molar-refractivity contribution >= 4 is 26.7 Å². The largest absolute Gasteiger partial charge is 0.534 e. The van der Waals surface area contributed by atoms with Crippen LogP contribution in [0.5, 0.6) is 11.5 Å². The minimum atomic E-state index is -5.91. The average Bonchev–Trinajstić information content (AvgIpc) is 2.73. The van der Waals surface area contributed by atoms with E-state index in [0.29, 0.717) is 28.7 Å². The molecule has 0 radical (unpaired) electrons. The molecule has 5 nitrogen and oxygen atoms in total. The Morgan fingerprint density at radius 1 is 0.903 bits per heavy atom. The number of benzene rings is 3. The van der Waals surface area contributed by atoms with Crippen LogP contribution in [0.2, 0.25) is 0 Å². The number of rotatable bonds is 4. The fourth-order valence-electron chi connectivity index (χ4n) is 3.87. The van der Waals surface area contributed by atoms with Crippen LogP contribution < -0.4 is 8.92 Å². The third kappa shape index (κ3) is 3.63. The minimum absolute atomic E-state index is 0.175. The normalized spacial score (nSPS) is 14.4. The zero-order chi connectivity index (χ0) is 22.4. The molecule has 0 amide bonds. The van der Waals surface area contributed by atoms with Gasteiger partial charge in [-0.1, -0.05) is 36.4 Å². The molecule has 162 valence electrons. The Balaban J connectivity index is 2.07. The van der Waals surface area contributed by atoms with Gasteiger partial charge < -0.3 is 8.92 Å². The van der Waals surface area contributed by atoms with Crippen LogP contribution in [0.25, 0.3) is 21.9 Å². The summed E-state index contributed by atoms with van der Waals surface area (Å²) in [7, 11) is -4.39. The van der Waals surface area contributed by atoms with Gasteiger partial charge in [-0.25, -0.2) is 0 Å². The van der Waals surface area contributed by atoms with Gasteiger partial charge in [0, 0.05) is 28.5 Å². The van der Waals surface area contributed by atoms with E-state index in [2.05, 4.69) is 4.18 Å². The molecule has 0 unspecified atom stereocenters. The maximum Gasteiger partial charge on any atom is 0.534 e. The van der Waals surface area contributed by atoms with Crippen molar-refractivity contribution in [1.29, 1.82) is 0 Å². The van der Waals surface area contributed by atoms with E-state index in [-0.39, 0.29) is 35.1 Å². The van der Waals surface area contributed by atoms with E-state index in [4.69, 9.17) is 4.74 Å². The van der Waals surface area contributed by atoms with Crippen molar-refractivity contribution in [1.82, 2.24) is 0 Å². The predicted octanol–water partition coefficient (Wildman–Crippen LogP) is 5.26. The van der Waals surface area contributed by atoms with Crippen LogP contribution in [0, 0.1) is 0 Å². The van der Waals surface area contributed by atoms with E-state index < -0.39 is 21.4 Å². The van der Waals surface area contributed by atoms with E-state index in [0.717, 1.165) is 0 Å². The maximum absolute atomic E-state index is 13.1. The number of carbonyl (C=O) groups excluding carboxylic acids is 1. The van der Waals surface area contributed by atoms with E-state index in [1.807, 2.05) is 0 Å². The highest BCUT2D eigenvalue weighted by Crippen LogP contribution is 2.45. The molecule has 0 spiro atoms. The van der Waals surface area contributed by atoms with E-state index >= 15 is 0 Å². The Kier molecular flexibility index (Phi) is 5.17. The Bertz CT molecular complexity index is 1280. The SMILES string of the molecule is COc1ccc(-c2c3c(c(OS(=O)(=O)C(F)(F)F)c4ccccc24)CCCC3=O)cc1. The first kappa shape index (κ1) is 21.2. The third-order valence-electron chi connectivity index (χ3n) is 5.23. The first-order chi connectivity index (χ1) is 14.6. The fourth-order valence-corrected chi connectivity index (χ4v) is 4.37. The molecule has 0 saturated carbocycles. The van der Waals surface area contributed by atoms with Crippen molar-refractivity contribution < 1.29 is 35.3 Å². The molecule has 4 rings (SSSR count). The molecule has 3 aromatic carbocycles. The number of alkyl halides is 3. The summed E-state index contributed by atoms with van der Waals surface area (Å²) in [6, 6.07) is 13.3. The molecule has 1 aliphatic carbocycles. The molecule has 31 heavy (non-hydrogen) atoms. The highest BCUT2D eigenvalue weighted by molar-refractivity contribution is 7.88. The van der Waals surface area contributed by atoms with Gasteiger partial charge in [-0.3, -0.25) is 4.79 Å². The fraction of sp³-hybridized carbons (Fsp3) is 0.227. The number of carbonyl (C=O) groups is 1. The van der Waals surface area contributed by atoms with Gasteiger partial charge in [-0.2, -0.15) is 21.6 Å². The lowest BCUT2D eigenvalue weighted by molar-refractivity contribution is -0.0499. The number of fused-ring (bicyclic) bond motifs is 2. The first-order valence-electron chi connectivity index (χ1n) is 9.40. The van der Waals surface area contributed by atoms with Gasteiger partial charge in [0.2, 0.25) is 0 Å². The predicted molar refractivity (Wildman–Crippen MR) is 109 cm³/mol. The second-order valence-electron chi connectivity index (χ2n) is 7.09. The van der Waals surface area contributed by atoms with Crippen molar-refractivity contribution in [3.05, 3.63) is 59.7 Å². The van der Waals surface area contributed by atoms with E-state index in [1.165, 1.54) is 13.2 Å².